The summed E-state index contributed by atoms with van der Waals surface area (Å²) in [6, 6.07) is 0.755. The molecule has 2 unspecified atom stereocenters. The largest absolute Gasteiger partial charge is 0.394 e. The van der Waals surface area contributed by atoms with Crippen molar-refractivity contribution in [3.8, 4) is 0 Å². The summed E-state index contributed by atoms with van der Waals surface area (Å²) in [5, 5.41) is 12.7. The van der Waals surface area contributed by atoms with E-state index < -0.39 is 0 Å². The minimum Gasteiger partial charge on any atom is -0.394 e. The van der Waals surface area contributed by atoms with E-state index in [1.54, 1.807) is 0 Å². The summed E-state index contributed by atoms with van der Waals surface area (Å²) >= 11 is 0. The maximum Gasteiger partial charge on any atom is 0.0623 e. The second-order valence-corrected chi connectivity index (χ2v) is 6.24. The predicted molar refractivity (Wildman–Crippen MR) is 74.8 cm³/mol. The Kier molecular flexibility index (Phi) is 5.01. The first-order chi connectivity index (χ1) is 8.67. The minimum atomic E-state index is -0.156. The molecular formula is C14H29N3O. The first-order valence-corrected chi connectivity index (χ1v) is 7.43. The van der Waals surface area contributed by atoms with E-state index in [4.69, 9.17) is 0 Å². The molecule has 2 aliphatic heterocycles. The molecule has 2 rings (SSSR count). The Morgan fingerprint density at radius 3 is 2.56 bits per heavy atom. The van der Waals surface area contributed by atoms with E-state index in [1.807, 2.05) is 7.05 Å². The van der Waals surface area contributed by atoms with Gasteiger partial charge in [-0.25, -0.2) is 0 Å². The monoisotopic (exact) mass is 255 g/mol. The lowest BCUT2D eigenvalue weighted by Crippen LogP contribution is -2.52. The molecule has 2 N–H and O–H groups in total. The van der Waals surface area contributed by atoms with Crippen LogP contribution in [0.2, 0.25) is 0 Å². The van der Waals surface area contributed by atoms with Gasteiger partial charge in [0.25, 0.3) is 0 Å². The third-order valence-corrected chi connectivity index (χ3v) is 4.68. The van der Waals surface area contributed by atoms with Gasteiger partial charge in [-0.15, -0.1) is 0 Å². The van der Waals surface area contributed by atoms with Gasteiger partial charge in [-0.05, 0) is 52.9 Å². The van der Waals surface area contributed by atoms with E-state index in [0.717, 1.165) is 12.6 Å². The van der Waals surface area contributed by atoms with Crippen LogP contribution >= 0.6 is 0 Å². The van der Waals surface area contributed by atoms with Gasteiger partial charge in [0.15, 0.2) is 0 Å². The van der Waals surface area contributed by atoms with Crippen molar-refractivity contribution in [2.24, 2.45) is 0 Å². The van der Waals surface area contributed by atoms with Crippen molar-refractivity contribution in [1.82, 2.24) is 15.1 Å². The normalized spacial score (nSPS) is 30.5. The number of hydrogen-bond donors (Lipinski definition) is 2. The summed E-state index contributed by atoms with van der Waals surface area (Å²) in [7, 11) is 1.94. The lowest BCUT2D eigenvalue weighted by atomic mass is 10.0. The highest BCUT2D eigenvalue weighted by atomic mass is 16.3. The number of nitrogens with one attached hydrogen (secondary N) is 1. The number of aliphatic hydroxyl groups excluding tert-OH is 1. The van der Waals surface area contributed by atoms with Crippen LogP contribution in [-0.2, 0) is 0 Å². The first-order valence-electron chi connectivity index (χ1n) is 7.43. The molecule has 0 spiro atoms. The average molecular weight is 255 g/mol. The first kappa shape index (κ1) is 14.3. The fourth-order valence-corrected chi connectivity index (χ4v) is 3.24. The number of piperidine rings is 1. The maximum absolute atomic E-state index is 9.46. The Morgan fingerprint density at radius 2 is 1.94 bits per heavy atom. The van der Waals surface area contributed by atoms with Gasteiger partial charge in [-0.2, -0.15) is 0 Å². The number of aliphatic hydroxyl groups is 1. The van der Waals surface area contributed by atoms with Crippen molar-refractivity contribution in [1.29, 1.82) is 0 Å². The smallest absolute Gasteiger partial charge is 0.0623 e. The van der Waals surface area contributed by atoms with E-state index in [1.165, 1.54) is 51.9 Å². The van der Waals surface area contributed by atoms with Crippen LogP contribution in [0.15, 0.2) is 0 Å². The van der Waals surface area contributed by atoms with Gasteiger partial charge >= 0.3 is 0 Å². The van der Waals surface area contributed by atoms with Crippen molar-refractivity contribution < 1.29 is 5.11 Å². The Balaban J connectivity index is 1.80. The molecule has 4 heteroatoms. The molecule has 2 heterocycles. The highest BCUT2D eigenvalue weighted by Gasteiger charge is 2.32. The lowest BCUT2D eigenvalue weighted by Gasteiger charge is -2.34. The molecule has 0 amide bonds. The highest BCUT2D eigenvalue weighted by Crippen LogP contribution is 2.21. The van der Waals surface area contributed by atoms with E-state index >= 15 is 0 Å². The molecule has 18 heavy (non-hydrogen) atoms. The zero-order valence-electron chi connectivity index (χ0n) is 12.0. The van der Waals surface area contributed by atoms with Crippen LogP contribution in [0.25, 0.3) is 0 Å². The zero-order valence-corrected chi connectivity index (χ0v) is 12.0. The van der Waals surface area contributed by atoms with Crippen LogP contribution < -0.4 is 5.32 Å². The number of rotatable bonds is 5. The number of nitrogens with zero attached hydrogens (tertiary/aromatic N) is 2. The SMILES string of the molecule is CNC(C)(CO)CN1CCC(N2CCCCC2)C1. The molecular weight excluding hydrogens is 226 g/mol. The molecule has 0 aromatic heterocycles. The molecule has 2 saturated heterocycles. The summed E-state index contributed by atoms with van der Waals surface area (Å²) in [5.74, 6) is 0. The summed E-state index contributed by atoms with van der Waals surface area (Å²) in [6.45, 7) is 8.19. The predicted octanol–water partition coefficient (Wildman–Crippen LogP) is 0.517. The summed E-state index contributed by atoms with van der Waals surface area (Å²) in [4.78, 5) is 5.19. The van der Waals surface area contributed by atoms with Crippen molar-refractivity contribution in [2.75, 3.05) is 46.4 Å². The van der Waals surface area contributed by atoms with E-state index in [2.05, 4.69) is 22.0 Å². The molecule has 2 aliphatic rings. The minimum absolute atomic E-state index is 0.156. The number of likely N-dealkylation sites (tertiary alicyclic amines) is 2. The van der Waals surface area contributed by atoms with Gasteiger partial charge in [0, 0.05) is 19.1 Å². The lowest BCUT2D eigenvalue weighted by molar-refractivity contribution is 0.125. The summed E-state index contributed by atoms with van der Waals surface area (Å²) in [5.41, 5.74) is -0.156. The molecule has 0 radical (unpaired) electrons. The van der Waals surface area contributed by atoms with Crippen LogP contribution in [0.4, 0.5) is 0 Å². The third-order valence-electron chi connectivity index (χ3n) is 4.68. The van der Waals surface area contributed by atoms with Gasteiger partial charge in [0.1, 0.15) is 0 Å². The second-order valence-electron chi connectivity index (χ2n) is 6.24. The Bertz CT molecular complexity index is 249. The molecule has 0 aromatic carbocycles. The molecule has 2 atom stereocenters. The molecule has 2 fully saturated rings. The second kappa shape index (κ2) is 6.33. The highest BCUT2D eigenvalue weighted by molar-refractivity contribution is 4.91. The van der Waals surface area contributed by atoms with Crippen LogP contribution in [0.1, 0.15) is 32.6 Å². The van der Waals surface area contributed by atoms with Crippen LogP contribution in [0.3, 0.4) is 0 Å². The summed E-state index contributed by atoms with van der Waals surface area (Å²) in [6.07, 6.45) is 5.46. The van der Waals surface area contributed by atoms with Gasteiger partial charge < -0.3 is 10.4 Å². The van der Waals surface area contributed by atoms with Gasteiger partial charge in [0.2, 0.25) is 0 Å². The summed E-state index contributed by atoms with van der Waals surface area (Å²) < 4.78 is 0. The number of likely N-dealkylation sites (N-methyl/N-ethyl adjacent to an activating group) is 1. The molecule has 0 saturated carbocycles. The maximum atomic E-state index is 9.46. The van der Waals surface area contributed by atoms with Crippen molar-refractivity contribution in [3.05, 3.63) is 0 Å². The molecule has 0 aromatic rings. The Morgan fingerprint density at radius 1 is 1.22 bits per heavy atom. The third kappa shape index (κ3) is 3.44. The average Bonchev–Trinajstić information content (AvgIpc) is 2.88. The van der Waals surface area contributed by atoms with E-state index in [0.29, 0.717) is 0 Å². The molecule has 106 valence electrons. The van der Waals surface area contributed by atoms with Crippen molar-refractivity contribution in [2.45, 2.75) is 44.2 Å². The van der Waals surface area contributed by atoms with Gasteiger partial charge in [0.05, 0.1) is 12.1 Å². The Labute approximate surface area is 111 Å². The quantitative estimate of drug-likeness (QED) is 0.751. The topological polar surface area (TPSA) is 38.7 Å². The molecule has 0 aliphatic carbocycles. The standard InChI is InChI=1S/C14H29N3O/c1-14(12-18,15-2)11-16-9-6-13(10-16)17-7-4-3-5-8-17/h13,15,18H,3-12H2,1-2H3. The van der Waals surface area contributed by atoms with Gasteiger partial charge in [-0.1, -0.05) is 6.42 Å². The molecule has 4 nitrogen and oxygen atoms in total. The van der Waals surface area contributed by atoms with Gasteiger partial charge in [-0.3, -0.25) is 9.80 Å². The van der Waals surface area contributed by atoms with Crippen LogP contribution in [0, 0.1) is 0 Å². The van der Waals surface area contributed by atoms with Crippen LogP contribution in [-0.4, -0.2) is 72.9 Å². The number of hydrogen-bond acceptors (Lipinski definition) is 4. The van der Waals surface area contributed by atoms with E-state index in [9.17, 15) is 5.11 Å². The fraction of sp³-hybridized carbons (Fsp3) is 1.00. The Hall–Kier alpha value is -0.160. The fourth-order valence-electron chi connectivity index (χ4n) is 3.24. The van der Waals surface area contributed by atoms with Crippen LogP contribution in [0.5, 0.6) is 0 Å². The van der Waals surface area contributed by atoms with Crippen molar-refractivity contribution >= 4 is 0 Å². The van der Waals surface area contributed by atoms with E-state index in [-0.39, 0.29) is 12.1 Å². The van der Waals surface area contributed by atoms with Crippen molar-refractivity contribution in [3.63, 3.8) is 0 Å². The zero-order chi connectivity index (χ0) is 13.0. The molecule has 0 bridgehead atoms.